The van der Waals surface area contributed by atoms with Crippen molar-refractivity contribution in [2.45, 2.75) is 12.8 Å². The summed E-state index contributed by atoms with van der Waals surface area (Å²) in [6, 6.07) is 0. The molecule has 0 spiro atoms. The van der Waals surface area contributed by atoms with E-state index in [2.05, 4.69) is 31.3 Å². The van der Waals surface area contributed by atoms with Gasteiger partial charge in [0, 0.05) is 6.54 Å². The van der Waals surface area contributed by atoms with Gasteiger partial charge in [0.2, 0.25) is 5.91 Å². The van der Waals surface area contributed by atoms with E-state index < -0.39 is 0 Å². The van der Waals surface area contributed by atoms with Gasteiger partial charge in [-0.2, -0.15) is 5.21 Å². The van der Waals surface area contributed by atoms with E-state index in [1.807, 2.05) is 0 Å². The van der Waals surface area contributed by atoms with E-state index in [1.165, 1.54) is 0 Å². The topological polar surface area (TPSA) is 95.6 Å². The summed E-state index contributed by atoms with van der Waals surface area (Å²) in [5, 5.41) is 18.7. The molecule has 1 unspecified atom stereocenters. The Bertz CT molecular complexity index is 296. The van der Waals surface area contributed by atoms with Crippen LogP contribution in [0.5, 0.6) is 0 Å². The molecule has 1 saturated heterocycles. The summed E-state index contributed by atoms with van der Waals surface area (Å²) >= 11 is 0. The minimum absolute atomic E-state index is 0. The molecule has 1 fully saturated rings. The van der Waals surface area contributed by atoms with Crippen LogP contribution >= 0.6 is 12.4 Å². The van der Waals surface area contributed by atoms with Gasteiger partial charge in [0.05, 0.1) is 5.92 Å². The normalized spacial score (nSPS) is 20.4. The van der Waals surface area contributed by atoms with Crippen LogP contribution in [0.4, 0.5) is 5.95 Å². The molecule has 15 heavy (non-hydrogen) atoms. The van der Waals surface area contributed by atoms with Crippen LogP contribution in [0.1, 0.15) is 12.8 Å². The summed E-state index contributed by atoms with van der Waals surface area (Å²) in [5.41, 5.74) is 0. The Kier molecular flexibility index (Phi) is 4.44. The SMILES string of the molecule is Cl.O=C(Nc1nn[nH]n1)C1CCCNC1. The van der Waals surface area contributed by atoms with E-state index in [0.717, 1.165) is 25.9 Å². The summed E-state index contributed by atoms with van der Waals surface area (Å²) in [6.07, 6.45) is 1.95. The fourth-order valence-corrected chi connectivity index (χ4v) is 1.50. The first-order valence-corrected chi connectivity index (χ1v) is 4.61. The van der Waals surface area contributed by atoms with E-state index in [4.69, 9.17) is 0 Å². The largest absolute Gasteiger partial charge is 0.316 e. The van der Waals surface area contributed by atoms with Crippen molar-refractivity contribution in [1.29, 1.82) is 0 Å². The number of aromatic amines is 1. The maximum Gasteiger partial charge on any atom is 0.269 e. The molecule has 0 saturated carbocycles. The van der Waals surface area contributed by atoms with E-state index >= 15 is 0 Å². The molecule has 0 radical (unpaired) electrons. The molecule has 2 heterocycles. The molecule has 84 valence electrons. The average molecular weight is 233 g/mol. The number of piperidine rings is 1. The van der Waals surface area contributed by atoms with Crippen LogP contribution < -0.4 is 10.6 Å². The molecule has 1 amide bonds. The van der Waals surface area contributed by atoms with Crippen LogP contribution in [0.15, 0.2) is 0 Å². The first-order valence-electron chi connectivity index (χ1n) is 4.61. The van der Waals surface area contributed by atoms with E-state index in [0.29, 0.717) is 0 Å². The van der Waals surface area contributed by atoms with Crippen molar-refractivity contribution >= 4 is 24.3 Å². The Morgan fingerprint density at radius 2 is 2.40 bits per heavy atom. The predicted octanol–water partition coefficient (Wildman–Crippen LogP) is -0.440. The molecule has 1 aliphatic rings. The number of hydrogen-bond donors (Lipinski definition) is 3. The fourth-order valence-electron chi connectivity index (χ4n) is 1.50. The monoisotopic (exact) mass is 232 g/mol. The fraction of sp³-hybridized carbons (Fsp3) is 0.714. The molecule has 7 nitrogen and oxygen atoms in total. The smallest absolute Gasteiger partial charge is 0.269 e. The van der Waals surface area contributed by atoms with E-state index in [-0.39, 0.29) is 30.2 Å². The second-order valence-electron chi connectivity index (χ2n) is 3.27. The zero-order valence-electron chi connectivity index (χ0n) is 8.06. The number of carbonyl (C=O) groups is 1. The number of carbonyl (C=O) groups excluding carboxylic acids is 1. The van der Waals surface area contributed by atoms with Gasteiger partial charge in [0.25, 0.3) is 5.95 Å². The van der Waals surface area contributed by atoms with Crippen molar-refractivity contribution in [3.05, 3.63) is 0 Å². The number of H-pyrrole nitrogens is 1. The molecule has 1 aliphatic heterocycles. The van der Waals surface area contributed by atoms with Crippen molar-refractivity contribution in [3.63, 3.8) is 0 Å². The van der Waals surface area contributed by atoms with Gasteiger partial charge >= 0.3 is 0 Å². The van der Waals surface area contributed by atoms with Gasteiger partial charge in [-0.3, -0.25) is 10.1 Å². The molecule has 8 heteroatoms. The second kappa shape index (κ2) is 5.62. The summed E-state index contributed by atoms with van der Waals surface area (Å²) in [6.45, 7) is 1.72. The third-order valence-electron chi connectivity index (χ3n) is 2.25. The minimum atomic E-state index is -0.0430. The van der Waals surface area contributed by atoms with Crippen LogP contribution in [-0.2, 0) is 4.79 Å². The van der Waals surface area contributed by atoms with E-state index in [1.54, 1.807) is 0 Å². The van der Waals surface area contributed by atoms with Crippen molar-refractivity contribution in [2.75, 3.05) is 18.4 Å². The highest BCUT2D eigenvalue weighted by atomic mass is 35.5. The lowest BCUT2D eigenvalue weighted by atomic mass is 9.99. The number of hydrogen-bond acceptors (Lipinski definition) is 5. The molecule has 0 aliphatic carbocycles. The Balaban J connectivity index is 0.00000112. The predicted molar refractivity (Wildman–Crippen MR) is 55.6 cm³/mol. The highest BCUT2D eigenvalue weighted by Crippen LogP contribution is 2.11. The Hall–Kier alpha value is -1.21. The van der Waals surface area contributed by atoms with Gasteiger partial charge in [-0.25, -0.2) is 0 Å². The number of anilines is 1. The summed E-state index contributed by atoms with van der Waals surface area (Å²) in [5.74, 6) is 0.210. The molecular weight excluding hydrogens is 220 g/mol. The standard InChI is InChI=1S/C7H12N6O.ClH/c14-6(5-2-1-3-8-4-5)9-7-10-12-13-11-7;/h5,8H,1-4H2,(H2,9,10,11,12,13,14);1H. The third kappa shape index (κ3) is 3.14. The molecule has 3 N–H and O–H groups in total. The highest BCUT2D eigenvalue weighted by Gasteiger charge is 2.21. The number of aromatic nitrogens is 4. The lowest BCUT2D eigenvalue weighted by Gasteiger charge is -2.20. The molecule has 0 aromatic carbocycles. The minimum Gasteiger partial charge on any atom is -0.316 e. The van der Waals surface area contributed by atoms with Crippen molar-refractivity contribution in [1.82, 2.24) is 25.9 Å². The van der Waals surface area contributed by atoms with Crippen molar-refractivity contribution in [3.8, 4) is 0 Å². The Labute approximate surface area is 92.8 Å². The van der Waals surface area contributed by atoms with Gasteiger partial charge < -0.3 is 5.32 Å². The maximum absolute atomic E-state index is 11.6. The first kappa shape index (κ1) is 11.9. The number of nitrogens with one attached hydrogen (secondary N) is 3. The Morgan fingerprint density at radius 3 is 3.00 bits per heavy atom. The summed E-state index contributed by atoms with van der Waals surface area (Å²) in [7, 11) is 0. The molecule has 0 bridgehead atoms. The van der Waals surface area contributed by atoms with Gasteiger partial charge in [-0.1, -0.05) is 5.10 Å². The number of amides is 1. The Morgan fingerprint density at radius 1 is 1.53 bits per heavy atom. The first-order chi connectivity index (χ1) is 6.86. The second-order valence-corrected chi connectivity index (χ2v) is 3.27. The van der Waals surface area contributed by atoms with Crippen molar-refractivity contribution < 1.29 is 4.79 Å². The van der Waals surface area contributed by atoms with Crippen LogP contribution in [0, 0.1) is 5.92 Å². The number of halogens is 1. The number of rotatable bonds is 2. The average Bonchev–Trinajstić information content (AvgIpc) is 2.72. The molecule has 1 aromatic rings. The molecule has 1 aromatic heterocycles. The third-order valence-corrected chi connectivity index (χ3v) is 2.25. The molecule has 2 rings (SSSR count). The van der Waals surface area contributed by atoms with Gasteiger partial charge in [0.1, 0.15) is 0 Å². The molecular formula is C7H13ClN6O. The van der Waals surface area contributed by atoms with Crippen LogP contribution in [-0.4, -0.2) is 39.6 Å². The zero-order valence-corrected chi connectivity index (χ0v) is 8.88. The zero-order chi connectivity index (χ0) is 9.80. The highest BCUT2D eigenvalue weighted by molar-refractivity contribution is 5.91. The maximum atomic E-state index is 11.6. The van der Waals surface area contributed by atoms with Crippen molar-refractivity contribution in [2.24, 2.45) is 5.92 Å². The van der Waals surface area contributed by atoms with Crippen LogP contribution in [0.2, 0.25) is 0 Å². The van der Waals surface area contributed by atoms with Crippen LogP contribution in [0.3, 0.4) is 0 Å². The molecule has 1 atom stereocenters. The lowest BCUT2D eigenvalue weighted by Crippen LogP contribution is -2.37. The quantitative estimate of drug-likeness (QED) is 0.643. The van der Waals surface area contributed by atoms with Gasteiger partial charge in [-0.15, -0.1) is 17.5 Å². The van der Waals surface area contributed by atoms with Gasteiger partial charge in [-0.05, 0) is 24.6 Å². The summed E-state index contributed by atoms with van der Waals surface area (Å²) in [4.78, 5) is 11.6. The number of nitrogens with zero attached hydrogens (tertiary/aromatic N) is 3. The lowest BCUT2D eigenvalue weighted by molar-refractivity contribution is -0.120. The number of tetrazole rings is 1. The summed E-state index contributed by atoms with van der Waals surface area (Å²) < 4.78 is 0. The van der Waals surface area contributed by atoms with Crippen LogP contribution in [0.25, 0.3) is 0 Å². The van der Waals surface area contributed by atoms with E-state index in [9.17, 15) is 4.79 Å². The van der Waals surface area contributed by atoms with Gasteiger partial charge in [0.15, 0.2) is 0 Å².